The van der Waals surface area contributed by atoms with E-state index in [1.165, 1.54) is 12.1 Å². The number of carbonyl (C=O) groups excluding carboxylic acids is 1. The van der Waals surface area contributed by atoms with Crippen molar-refractivity contribution in [2.45, 2.75) is 57.2 Å². The average Bonchev–Trinajstić information content (AvgIpc) is 2.78. The number of carbonyl (C=O) groups is 1. The van der Waals surface area contributed by atoms with Crippen LogP contribution in [0.5, 0.6) is 0 Å². The number of amides is 1. The first-order chi connectivity index (χ1) is 15.1. The fraction of sp³-hybridized carbons (Fsp3) is 0.682. The number of piperazine rings is 1. The Morgan fingerprint density at radius 3 is 2.30 bits per heavy atom. The van der Waals surface area contributed by atoms with Gasteiger partial charge < -0.3 is 5.32 Å². The van der Waals surface area contributed by atoms with Crippen LogP contribution in [0.25, 0.3) is 0 Å². The molecule has 0 radical (unpaired) electrons. The van der Waals surface area contributed by atoms with Gasteiger partial charge in [-0.1, -0.05) is 32.3 Å². The van der Waals surface area contributed by atoms with Gasteiger partial charge in [-0.2, -0.15) is 17.5 Å². The molecule has 6 nitrogen and oxygen atoms in total. The summed E-state index contributed by atoms with van der Waals surface area (Å²) in [6, 6.07) is 4.45. The molecule has 1 aliphatic carbocycles. The zero-order valence-corrected chi connectivity index (χ0v) is 20.5. The summed E-state index contributed by atoms with van der Waals surface area (Å²) in [5.41, 5.74) is -1.15. The maximum atomic E-state index is 13.0. The van der Waals surface area contributed by atoms with Gasteiger partial charge in [-0.25, -0.2) is 8.42 Å². The van der Waals surface area contributed by atoms with Crippen molar-refractivity contribution in [1.82, 2.24) is 14.5 Å². The number of nitrogens with one attached hydrogen (secondary N) is 1. The first-order valence-corrected chi connectivity index (χ1v) is 12.9. The zero-order chi connectivity index (χ0) is 23.4. The Morgan fingerprint density at radius 1 is 1.09 bits per heavy atom. The third kappa shape index (κ3) is 6.83. The SMILES string of the molecule is CCCS(=O)(=O)N1CCN(C2(CNC(=O)c3cccc(C(F)(F)F)c3)CCCCC2)CC1.Cl. The highest BCUT2D eigenvalue weighted by Gasteiger charge is 2.41. The van der Waals surface area contributed by atoms with Gasteiger partial charge in [0.1, 0.15) is 0 Å². The van der Waals surface area contributed by atoms with E-state index in [0.29, 0.717) is 39.1 Å². The number of hydrogen-bond acceptors (Lipinski definition) is 4. The van der Waals surface area contributed by atoms with Crippen LogP contribution in [0.4, 0.5) is 13.2 Å². The van der Waals surface area contributed by atoms with Crippen LogP contribution in [0, 0.1) is 0 Å². The Bertz CT molecular complexity index is 898. The van der Waals surface area contributed by atoms with Gasteiger partial charge >= 0.3 is 6.18 Å². The van der Waals surface area contributed by atoms with Crippen LogP contribution < -0.4 is 5.32 Å². The van der Waals surface area contributed by atoms with Crippen molar-refractivity contribution in [2.75, 3.05) is 38.5 Å². The molecule has 0 unspecified atom stereocenters. The van der Waals surface area contributed by atoms with E-state index < -0.39 is 27.7 Å². The largest absolute Gasteiger partial charge is 0.416 e. The summed E-state index contributed by atoms with van der Waals surface area (Å²) in [5.74, 6) is -0.379. The van der Waals surface area contributed by atoms with Crippen LogP contribution in [0.1, 0.15) is 61.4 Å². The van der Waals surface area contributed by atoms with Crippen molar-refractivity contribution in [3.8, 4) is 0 Å². The van der Waals surface area contributed by atoms with Crippen molar-refractivity contribution in [2.24, 2.45) is 0 Å². The van der Waals surface area contributed by atoms with Gasteiger partial charge in [-0.05, 0) is 37.5 Å². The van der Waals surface area contributed by atoms with Crippen LogP contribution in [0.3, 0.4) is 0 Å². The third-order valence-corrected chi connectivity index (χ3v) is 8.66. The summed E-state index contributed by atoms with van der Waals surface area (Å²) in [4.78, 5) is 14.9. The lowest BCUT2D eigenvalue weighted by molar-refractivity contribution is -0.137. The van der Waals surface area contributed by atoms with E-state index in [2.05, 4.69) is 10.2 Å². The fourth-order valence-corrected chi connectivity index (χ4v) is 6.32. The first kappa shape index (κ1) is 27.9. The Labute approximate surface area is 200 Å². The second-order valence-corrected chi connectivity index (χ2v) is 10.8. The monoisotopic (exact) mass is 511 g/mol. The molecule has 188 valence electrons. The highest BCUT2D eigenvalue weighted by Crippen LogP contribution is 2.34. The molecule has 3 rings (SSSR count). The molecule has 2 fully saturated rings. The van der Waals surface area contributed by atoms with Gasteiger partial charge in [-0.15, -0.1) is 12.4 Å². The van der Waals surface area contributed by atoms with Crippen LogP contribution >= 0.6 is 12.4 Å². The van der Waals surface area contributed by atoms with E-state index in [1.54, 1.807) is 4.31 Å². The van der Waals surface area contributed by atoms with E-state index >= 15 is 0 Å². The van der Waals surface area contributed by atoms with Crippen molar-refractivity contribution in [1.29, 1.82) is 0 Å². The quantitative estimate of drug-likeness (QED) is 0.602. The minimum Gasteiger partial charge on any atom is -0.350 e. The summed E-state index contributed by atoms with van der Waals surface area (Å²) >= 11 is 0. The molecule has 1 N–H and O–H groups in total. The minimum absolute atomic E-state index is 0. The molecular weight excluding hydrogens is 479 g/mol. The number of halogens is 4. The Kier molecular flexibility index (Phi) is 9.61. The molecule has 0 spiro atoms. The molecule has 0 aromatic heterocycles. The predicted molar refractivity (Wildman–Crippen MR) is 124 cm³/mol. The molecule has 2 aliphatic rings. The van der Waals surface area contributed by atoms with Gasteiger partial charge in [0.15, 0.2) is 0 Å². The summed E-state index contributed by atoms with van der Waals surface area (Å²) in [5, 5.41) is 2.87. The molecule has 11 heteroatoms. The second-order valence-electron chi connectivity index (χ2n) is 8.75. The Hall–Kier alpha value is -1.36. The van der Waals surface area contributed by atoms with Crippen LogP contribution in [0.2, 0.25) is 0 Å². The Balaban J connectivity index is 0.00000385. The number of nitrogens with zero attached hydrogens (tertiary/aromatic N) is 2. The maximum Gasteiger partial charge on any atom is 0.416 e. The van der Waals surface area contributed by atoms with E-state index in [0.717, 1.165) is 44.2 Å². The molecule has 1 saturated carbocycles. The fourth-order valence-electron chi connectivity index (χ4n) is 4.83. The highest BCUT2D eigenvalue weighted by atomic mass is 35.5. The summed E-state index contributed by atoms with van der Waals surface area (Å²) < 4.78 is 65.3. The van der Waals surface area contributed by atoms with E-state index in [1.807, 2.05) is 6.92 Å². The van der Waals surface area contributed by atoms with Crippen LogP contribution in [0.15, 0.2) is 24.3 Å². The summed E-state index contributed by atoms with van der Waals surface area (Å²) in [6.07, 6.45) is 0.942. The van der Waals surface area contributed by atoms with Gasteiger partial charge in [-0.3, -0.25) is 9.69 Å². The van der Waals surface area contributed by atoms with Crippen molar-refractivity contribution < 1.29 is 26.4 Å². The Morgan fingerprint density at radius 2 is 1.73 bits per heavy atom. The molecule has 1 aliphatic heterocycles. The zero-order valence-electron chi connectivity index (χ0n) is 18.9. The predicted octanol–water partition coefficient (Wildman–Crippen LogP) is 3.92. The number of rotatable bonds is 7. The number of alkyl halides is 3. The lowest BCUT2D eigenvalue weighted by Crippen LogP contribution is -2.62. The number of sulfonamides is 1. The lowest BCUT2D eigenvalue weighted by atomic mass is 9.79. The number of hydrogen-bond donors (Lipinski definition) is 1. The summed E-state index contributed by atoms with van der Waals surface area (Å²) in [7, 11) is -3.24. The summed E-state index contributed by atoms with van der Waals surface area (Å²) in [6.45, 7) is 4.20. The van der Waals surface area contributed by atoms with Crippen molar-refractivity contribution >= 4 is 28.3 Å². The number of benzene rings is 1. The van der Waals surface area contributed by atoms with E-state index in [9.17, 15) is 26.4 Å². The van der Waals surface area contributed by atoms with Gasteiger partial charge in [0, 0.05) is 43.8 Å². The standard InChI is InChI=1S/C22H32F3N3O3S.ClH/c1-2-15-32(30,31)28-13-11-27(12-14-28)21(9-4-3-5-10-21)17-26-20(29)18-7-6-8-19(16-18)22(23,24)25;/h6-8,16H,2-5,9-15,17H2,1H3,(H,26,29);1H. The van der Waals surface area contributed by atoms with Gasteiger partial charge in [0.25, 0.3) is 5.91 Å². The maximum absolute atomic E-state index is 13.0. The van der Waals surface area contributed by atoms with Gasteiger partial charge in [0.05, 0.1) is 11.3 Å². The molecule has 0 bridgehead atoms. The van der Waals surface area contributed by atoms with E-state index in [4.69, 9.17) is 0 Å². The van der Waals surface area contributed by atoms with Gasteiger partial charge in [0.2, 0.25) is 10.0 Å². The first-order valence-electron chi connectivity index (χ1n) is 11.3. The molecule has 1 aromatic carbocycles. The minimum atomic E-state index is -4.50. The van der Waals surface area contributed by atoms with E-state index in [-0.39, 0.29) is 29.3 Å². The average molecular weight is 512 g/mol. The lowest BCUT2D eigenvalue weighted by Gasteiger charge is -2.49. The third-order valence-electron chi connectivity index (χ3n) is 6.58. The molecule has 1 heterocycles. The molecule has 1 amide bonds. The highest BCUT2D eigenvalue weighted by molar-refractivity contribution is 7.89. The van der Waals surface area contributed by atoms with Crippen LogP contribution in [-0.2, 0) is 16.2 Å². The van der Waals surface area contributed by atoms with Crippen molar-refractivity contribution in [3.63, 3.8) is 0 Å². The van der Waals surface area contributed by atoms with Crippen molar-refractivity contribution in [3.05, 3.63) is 35.4 Å². The molecule has 1 aromatic rings. The topological polar surface area (TPSA) is 69.7 Å². The molecule has 33 heavy (non-hydrogen) atoms. The molecular formula is C22H33ClF3N3O3S. The van der Waals surface area contributed by atoms with Crippen LogP contribution in [-0.4, -0.2) is 67.5 Å². The molecule has 1 saturated heterocycles. The smallest absolute Gasteiger partial charge is 0.350 e. The second kappa shape index (κ2) is 11.4. The normalized spacial score (nSPS) is 20.1. The molecule has 0 atom stereocenters.